The van der Waals surface area contributed by atoms with E-state index in [4.69, 9.17) is 18.0 Å². The van der Waals surface area contributed by atoms with Crippen molar-refractivity contribution >= 4 is 44.7 Å². The third-order valence-corrected chi connectivity index (χ3v) is 3.49. The number of amides is 1. The summed E-state index contributed by atoms with van der Waals surface area (Å²) in [4.78, 5) is 12.2. The first-order chi connectivity index (χ1) is 9.95. The van der Waals surface area contributed by atoms with E-state index < -0.39 is 0 Å². The number of thiocarbonyl (C=S) groups is 1. The van der Waals surface area contributed by atoms with Crippen LogP contribution in [0.5, 0.6) is 0 Å². The third-order valence-electron chi connectivity index (χ3n) is 2.77. The van der Waals surface area contributed by atoms with E-state index in [1.54, 1.807) is 30.3 Å². The summed E-state index contributed by atoms with van der Waals surface area (Å²) in [6, 6.07) is 11.1. The second-order valence-corrected chi connectivity index (χ2v) is 5.76. The van der Waals surface area contributed by atoms with Gasteiger partial charge in [-0.2, -0.15) is 0 Å². The average molecular weight is 367 g/mol. The van der Waals surface area contributed by atoms with Crippen LogP contribution in [0.3, 0.4) is 0 Å². The Morgan fingerprint density at radius 3 is 2.71 bits per heavy atom. The number of hydrogen-bond acceptors (Lipinski definition) is 2. The van der Waals surface area contributed by atoms with Crippen LogP contribution >= 0.6 is 28.1 Å². The Kier molecular flexibility index (Phi) is 5.03. The Morgan fingerprint density at radius 1 is 1.29 bits per heavy atom. The Morgan fingerprint density at radius 2 is 2.05 bits per heavy atom. The molecule has 0 spiro atoms. The third kappa shape index (κ3) is 4.34. The van der Waals surface area contributed by atoms with E-state index in [-0.39, 0.29) is 23.1 Å². The number of nitrogens with two attached hydrogens (primary N) is 1. The first kappa shape index (κ1) is 15.6. The molecule has 0 aliphatic heterocycles. The van der Waals surface area contributed by atoms with Crippen LogP contribution in [-0.2, 0) is 11.2 Å². The normalized spacial score (nSPS) is 10.2. The van der Waals surface area contributed by atoms with Crippen LogP contribution < -0.4 is 11.1 Å². The Balaban J connectivity index is 2.15. The van der Waals surface area contributed by atoms with Crippen molar-refractivity contribution in [1.82, 2.24) is 0 Å². The zero-order valence-electron chi connectivity index (χ0n) is 10.9. The van der Waals surface area contributed by atoms with Crippen LogP contribution in [0.15, 0.2) is 46.9 Å². The summed E-state index contributed by atoms with van der Waals surface area (Å²) in [6.07, 6.45) is 0.0740. The molecule has 2 aromatic rings. The standard InChI is InChI=1S/C15H12BrFN2OS/c16-10-4-5-13(12(8-10)15(18)21)19-14(20)7-9-2-1-3-11(17)6-9/h1-6,8H,7H2,(H2,18,21)(H,19,20). The van der Waals surface area contributed by atoms with Crippen LogP contribution in [-0.4, -0.2) is 10.9 Å². The number of rotatable bonds is 4. The van der Waals surface area contributed by atoms with E-state index in [0.29, 0.717) is 16.8 Å². The highest BCUT2D eigenvalue weighted by molar-refractivity contribution is 9.10. The molecule has 0 aliphatic carbocycles. The van der Waals surface area contributed by atoms with Gasteiger partial charge in [-0.05, 0) is 35.9 Å². The molecule has 0 aromatic heterocycles. The molecule has 0 atom stereocenters. The lowest BCUT2D eigenvalue weighted by Gasteiger charge is -2.11. The van der Waals surface area contributed by atoms with E-state index in [0.717, 1.165) is 4.47 Å². The van der Waals surface area contributed by atoms with Gasteiger partial charge in [-0.1, -0.05) is 40.3 Å². The van der Waals surface area contributed by atoms with Gasteiger partial charge in [0.1, 0.15) is 10.8 Å². The molecule has 0 heterocycles. The molecule has 21 heavy (non-hydrogen) atoms. The summed E-state index contributed by atoms with van der Waals surface area (Å²) in [5, 5.41) is 2.74. The lowest BCUT2D eigenvalue weighted by molar-refractivity contribution is -0.115. The highest BCUT2D eigenvalue weighted by atomic mass is 79.9. The predicted molar refractivity (Wildman–Crippen MR) is 88.8 cm³/mol. The van der Waals surface area contributed by atoms with Crippen LogP contribution in [0, 0.1) is 5.82 Å². The molecule has 3 N–H and O–H groups in total. The van der Waals surface area contributed by atoms with Crippen molar-refractivity contribution in [3.8, 4) is 0 Å². The second kappa shape index (κ2) is 6.78. The number of hydrogen-bond donors (Lipinski definition) is 2. The van der Waals surface area contributed by atoms with Crippen molar-refractivity contribution in [2.24, 2.45) is 5.73 Å². The predicted octanol–water partition coefficient (Wildman–Crippen LogP) is 3.40. The first-order valence-corrected chi connectivity index (χ1v) is 7.29. The maximum atomic E-state index is 13.1. The minimum atomic E-state index is -0.368. The quantitative estimate of drug-likeness (QED) is 0.815. The van der Waals surface area contributed by atoms with Gasteiger partial charge >= 0.3 is 0 Å². The monoisotopic (exact) mass is 366 g/mol. The maximum Gasteiger partial charge on any atom is 0.228 e. The zero-order valence-corrected chi connectivity index (χ0v) is 13.3. The van der Waals surface area contributed by atoms with Gasteiger partial charge in [0.05, 0.1) is 12.1 Å². The summed E-state index contributed by atoms with van der Waals surface area (Å²) in [5.74, 6) is -0.631. The minimum absolute atomic E-state index is 0.0740. The Bertz CT molecular complexity index is 706. The largest absolute Gasteiger partial charge is 0.389 e. The number of carbonyl (C=O) groups excluding carboxylic acids is 1. The van der Waals surface area contributed by atoms with E-state index in [1.165, 1.54) is 12.1 Å². The summed E-state index contributed by atoms with van der Waals surface area (Å²) in [5.41, 5.74) is 7.35. The molecule has 0 radical (unpaired) electrons. The number of carbonyl (C=O) groups is 1. The number of benzene rings is 2. The smallest absolute Gasteiger partial charge is 0.228 e. The lowest BCUT2D eigenvalue weighted by Crippen LogP contribution is -2.19. The molecule has 0 aliphatic rings. The summed E-state index contributed by atoms with van der Waals surface area (Å²) in [6.45, 7) is 0. The molecule has 0 saturated carbocycles. The van der Waals surface area contributed by atoms with Crippen LogP contribution in [0.4, 0.5) is 10.1 Å². The summed E-state index contributed by atoms with van der Waals surface area (Å²) < 4.78 is 13.9. The minimum Gasteiger partial charge on any atom is -0.389 e. The van der Waals surface area contributed by atoms with E-state index in [9.17, 15) is 9.18 Å². The van der Waals surface area contributed by atoms with Crippen molar-refractivity contribution in [1.29, 1.82) is 0 Å². The van der Waals surface area contributed by atoms with Gasteiger partial charge in [0.2, 0.25) is 5.91 Å². The topological polar surface area (TPSA) is 55.1 Å². The number of anilines is 1. The van der Waals surface area contributed by atoms with Crippen molar-refractivity contribution in [3.63, 3.8) is 0 Å². The molecule has 0 saturated heterocycles. The molecular weight excluding hydrogens is 355 g/mol. The van der Waals surface area contributed by atoms with Crippen LogP contribution in [0.1, 0.15) is 11.1 Å². The Labute approximate surface area is 135 Å². The van der Waals surface area contributed by atoms with E-state index in [2.05, 4.69) is 21.2 Å². The fourth-order valence-electron chi connectivity index (χ4n) is 1.86. The molecule has 0 fully saturated rings. The van der Waals surface area contributed by atoms with Crippen molar-refractivity contribution in [2.45, 2.75) is 6.42 Å². The zero-order chi connectivity index (χ0) is 15.4. The van der Waals surface area contributed by atoms with Gasteiger partial charge in [0, 0.05) is 10.0 Å². The van der Waals surface area contributed by atoms with Gasteiger partial charge in [0.15, 0.2) is 0 Å². The highest BCUT2D eigenvalue weighted by Gasteiger charge is 2.10. The van der Waals surface area contributed by atoms with Crippen molar-refractivity contribution in [2.75, 3.05) is 5.32 Å². The second-order valence-electron chi connectivity index (χ2n) is 4.41. The number of halogens is 2. The van der Waals surface area contributed by atoms with Crippen molar-refractivity contribution in [3.05, 3.63) is 63.9 Å². The van der Waals surface area contributed by atoms with E-state index in [1.807, 2.05) is 0 Å². The van der Waals surface area contributed by atoms with Gasteiger partial charge in [-0.3, -0.25) is 4.79 Å². The number of nitrogens with one attached hydrogen (secondary N) is 1. The Hall–Kier alpha value is -1.79. The van der Waals surface area contributed by atoms with Crippen LogP contribution in [0.2, 0.25) is 0 Å². The molecule has 3 nitrogen and oxygen atoms in total. The maximum absolute atomic E-state index is 13.1. The summed E-state index contributed by atoms with van der Waals surface area (Å²) in [7, 11) is 0. The lowest BCUT2D eigenvalue weighted by atomic mass is 10.1. The van der Waals surface area contributed by atoms with Gasteiger partial charge < -0.3 is 11.1 Å². The molecule has 2 aromatic carbocycles. The van der Waals surface area contributed by atoms with Gasteiger partial charge in [-0.15, -0.1) is 0 Å². The molecule has 6 heteroatoms. The molecular formula is C15H12BrFN2OS. The van der Waals surface area contributed by atoms with Crippen LogP contribution in [0.25, 0.3) is 0 Å². The molecule has 2 rings (SSSR count). The average Bonchev–Trinajstić information content (AvgIpc) is 2.40. The molecule has 108 valence electrons. The molecule has 0 bridgehead atoms. The highest BCUT2D eigenvalue weighted by Crippen LogP contribution is 2.21. The molecule has 0 unspecified atom stereocenters. The summed E-state index contributed by atoms with van der Waals surface area (Å²) >= 11 is 8.29. The van der Waals surface area contributed by atoms with Crippen molar-refractivity contribution < 1.29 is 9.18 Å². The van der Waals surface area contributed by atoms with E-state index >= 15 is 0 Å². The SMILES string of the molecule is NC(=S)c1cc(Br)ccc1NC(=O)Cc1cccc(F)c1. The van der Waals surface area contributed by atoms with Gasteiger partial charge in [-0.25, -0.2) is 4.39 Å². The molecule has 1 amide bonds. The first-order valence-electron chi connectivity index (χ1n) is 6.09. The fourth-order valence-corrected chi connectivity index (χ4v) is 2.39. The fraction of sp³-hybridized carbons (Fsp3) is 0.0667. The van der Waals surface area contributed by atoms with Gasteiger partial charge in [0.25, 0.3) is 0 Å².